The second-order valence-electron chi connectivity index (χ2n) is 7.05. The van der Waals surface area contributed by atoms with E-state index in [2.05, 4.69) is 10.1 Å². The predicted octanol–water partition coefficient (Wildman–Crippen LogP) is 2.40. The van der Waals surface area contributed by atoms with Gasteiger partial charge in [-0.25, -0.2) is 8.42 Å². The minimum absolute atomic E-state index is 0.0534. The van der Waals surface area contributed by atoms with Gasteiger partial charge in [0, 0.05) is 19.8 Å². The molecule has 0 fully saturated rings. The molecule has 10 heteroatoms. The van der Waals surface area contributed by atoms with E-state index in [4.69, 9.17) is 5.41 Å². The fourth-order valence-corrected chi connectivity index (χ4v) is 5.43. The van der Waals surface area contributed by atoms with Crippen molar-refractivity contribution in [2.45, 2.75) is 13.8 Å². The van der Waals surface area contributed by atoms with Gasteiger partial charge in [-0.3, -0.25) is 10.2 Å². The second kappa shape index (κ2) is 7.51. The Morgan fingerprint density at radius 3 is 2.46 bits per heavy atom. The first-order valence-electron chi connectivity index (χ1n) is 8.59. The second-order valence-corrected chi connectivity index (χ2v) is 10.2. The molecule has 2 aliphatic rings. The number of nitrogens with one attached hydrogen (secondary N) is 1. The van der Waals surface area contributed by atoms with Gasteiger partial charge >= 0.3 is 0 Å². The van der Waals surface area contributed by atoms with Crippen LogP contribution < -0.4 is 4.90 Å². The minimum atomic E-state index is -3.59. The molecule has 0 spiro atoms. The molecule has 0 saturated heterocycles. The van der Waals surface area contributed by atoms with Gasteiger partial charge in [-0.15, -0.1) is 5.10 Å². The molecule has 1 amide bonds. The van der Waals surface area contributed by atoms with Crippen molar-refractivity contribution in [2.75, 3.05) is 24.7 Å². The molecule has 8 nitrogen and oxygen atoms in total. The standard InChI is InChI=1S/C18H21N5O3S2/c1-11(2)10-28(25,26)18-21-23-15(19)14(16(24)20-17(23)27-18)9-12-5-7-13(8-6-12)22(3)4/h5-9,11,19H,10H2,1-4H3/b14-9-,19-15?. The maximum absolute atomic E-state index is 12.4. The molecule has 3 rings (SSSR count). The van der Waals surface area contributed by atoms with Crippen molar-refractivity contribution in [3.05, 3.63) is 35.4 Å². The predicted molar refractivity (Wildman–Crippen MR) is 114 cm³/mol. The third-order valence-corrected chi connectivity index (χ3v) is 7.41. The highest BCUT2D eigenvalue weighted by Gasteiger charge is 2.39. The zero-order valence-corrected chi connectivity index (χ0v) is 17.6. The number of sulfone groups is 1. The Balaban J connectivity index is 1.91. The average Bonchev–Trinajstić information content (AvgIpc) is 3.03. The molecular formula is C18H21N5O3S2. The summed E-state index contributed by atoms with van der Waals surface area (Å²) in [6.45, 7) is 3.60. The van der Waals surface area contributed by atoms with E-state index < -0.39 is 15.7 Å². The third kappa shape index (κ3) is 4.02. The number of rotatable bonds is 4. The number of amidine groups is 2. The quantitative estimate of drug-likeness (QED) is 0.751. The summed E-state index contributed by atoms with van der Waals surface area (Å²) in [6.07, 6.45) is 1.56. The Morgan fingerprint density at radius 1 is 1.25 bits per heavy atom. The molecule has 0 atom stereocenters. The van der Waals surface area contributed by atoms with Crippen molar-refractivity contribution < 1.29 is 13.2 Å². The van der Waals surface area contributed by atoms with Crippen LogP contribution in [0.3, 0.4) is 0 Å². The Labute approximate surface area is 168 Å². The molecule has 1 N–H and O–H groups in total. The summed E-state index contributed by atoms with van der Waals surface area (Å²) in [5.41, 5.74) is 1.81. The van der Waals surface area contributed by atoms with Gasteiger partial charge in [-0.05, 0) is 41.5 Å². The molecule has 0 unspecified atom stereocenters. The normalized spacial score (nSPS) is 18.5. The first kappa shape index (κ1) is 20.3. The molecule has 2 heterocycles. The maximum atomic E-state index is 12.4. The van der Waals surface area contributed by atoms with Crippen molar-refractivity contribution in [3.63, 3.8) is 0 Å². The average molecular weight is 420 g/mol. The minimum Gasteiger partial charge on any atom is -0.378 e. The topological polar surface area (TPSA) is 106 Å². The largest absolute Gasteiger partial charge is 0.378 e. The van der Waals surface area contributed by atoms with E-state index in [1.54, 1.807) is 19.9 Å². The third-order valence-electron chi connectivity index (χ3n) is 3.98. The van der Waals surface area contributed by atoms with Gasteiger partial charge in [0.05, 0.1) is 11.3 Å². The maximum Gasteiger partial charge on any atom is 0.283 e. The van der Waals surface area contributed by atoms with Crippen LogP contribution in [0.25, 0.3) is 6.08 Å². The van der Waals surface area contributed by atoms with Crippen molar-refractivity contribution >= 4 is 54.6 Å². The number of hydrogen-bond donors (Lipinski definition) is 1. The summed E-state index contributed by atoms with van der Waals surface area (Å²) >= 11 is 0.808. The highest BCUT2D eigenvalue weighted by molar-refractivity contribution is 8.42. The monoisotopic (exact) mass is 419 g/mol. The fourth-order valence-electron chi connectivity index (χ4n) is 2.65. The molecule has 0 bridgehead atoms. The number of thioether (sulfide) groups is 1. The number of benzene rings is 1. The number of aliphatic imine (C=N–C) groups is 1. The van der Waals surface area contributed by atoms with Gasteiger partial charge in [-0.1, -0.05) is 26.0 Å². The lowest BCUT2D eigenvalue weighted by atomic mass is 10.1. The van der Waals surface area contributed by atoms with Crippen LogP contribution in [0.15, 0.2) is 39.9 Å². The lowest BCUT2D eigenvalue weighted by Gasteiger charge is -2.20. The molecule has 1 aromatic rings. The molecule has 0 saturated carbocycles. The summed E-state index contributed by atoms with van der Waals surface area (Å²) in [7, 11) is 0.268. The van der Waals surface area contributed by atoms with Crippen LogP contribution in [-0.4, -0.2) is 54.6 Å². The molecule has 2 aliphatic heterocycles. The van der Waals surface area contributed by atoms with Crippen LogP contribution in [0.1, 0.15) is 19.4 Å². The van der Waals surface area contributed by atoms with Crippen LogP contribution >= 0.6 is 11.8 Å². The van der Waals surface area contributed by atoms with Crippen molar-refractivity contribution in [1.82, 2.24) is 5.01 Å². The number of nitrogens with zero attached hydrogens (tertiary/aromatic N) is 4. The lowest BCUT2D eigenvalue weighted by Crippen LogP contribution is -2.35. The zero-order valence-electron chi connectivity index (χ0n) is 16.0. The van der Waals surface area contributed by atoms with Crippen LogP contribution in [0.5, 0.6) is 0 Å². The van der Waals surface area contributed by atoms with E-state index in [1.165, 1.54) is 0 Å². The van der Waals surface area contributed by atoms with Gasteiger partial charge < -0.3 is 4.90 Å². The number of fused-ring (bicyclic) bond motifs is 1. The summed E-state index contributed by atoms with van der Waals surface area (Å²) < 4.78 is 24.7. The number of hydrogen-bond acceptors (Lipinski definition) is 7. The molecule has 0 aliphatic carbocycles. The lowest BCUT2D eigenvalue weighted by molar-refractivity contribution is -0.114. The Hall–Kier alpha value is -2.46. The summed E-state index contributed by atoms with van der Waals surface area (Å²) in [5.74, 6) is -0.885. The van der Waals surface area contributed by atoms with Gasteiger partial charge in [0.2, 0.25) is 19.4 Å². The highest BCUT2D eigenvalue weighted by Crippen LogP contribution is 2.31. The van der Waals surface area contributed by atoms with Gasteiger partial charge in [0.15, 0.2) is 5.84 Å². The Morgan fingerprint density at radius 2 is 1.89 bits per heavy atom. The van der Waals surface area contributed by atoms with Crippen molar-refractivity contribution in [3.8, 4) is 0 Å². The summed E-state index contributed by atoms with van der Waals surface area (Å²) in [4.78, 5) is 18.3. The summed E-state index contributed by atoms with van der Waals surface area (Å²) in [6, 6.07) is 7.47. The Bertz CT molecular complexity index is 1020. The number of amides is 1. The van der Waals surface area contributed by atoms with E-state index in [9.17, 15) is 13.2 Å². The van der Waals surface area contributed by atoms with Crippen LogP contribution in [0, 0.1) is 11.3 Å². The highest BCUT2D eigenvalue weighted by atomic mass is 32.3. The van der Waals surface area contributed by atoms with E-state index in [0.717, 1.165) is 28.0 Å². The van der Waals surface area contributed by atoms with E-state index in [1.807, 2.05) is 43.3 Å². The zero-order chi connectivity index (χ0) is 20.6. The van der Waals surface area contributed by atoms with Crippen LogP contribution in [-0.2, 0) is 14.6 Å². The smallest absolute Gasteiger partial charge is 0.283 e. The number of carbonyl (C=O) groups is 1. The van der Waals surface area contributed by atoms with E-state index in [-0.39, 0.29) is 32.6 Å². The molecule has 1 aromatic carbocycles. The number of carbonyl (C=O) groups excluding carboxylic acids is 1. The number of anilines is 1. The van der Waals surface area contributed by atoms with E-state index in [0.29, 0.717) is 0 Å². The van der Waals surface area contributed by atoms with Crippen LogP contribution in [0.4, 0.5) is 5.69 Å². The van der Waals surface area contributed by atoms with Crippen molar-refractivity contribution in [1.29, 1.82) is 5.41 Å². The summed E-state index contributed by atoms with van der Waals surface area (Å²) in [5, 5.41) is 13.6. The molecule has 0 radical (unpaired) electrons. The molecular weight excluding hydrogens is 398 g/mol. The van der Waals surface area contributed by atoms with Crippen molar-refractivity contribution in [2.24, 2.45) is 16.0 Å². The Kier molecular flexibility index (Phi) is 5.44. The van der Waals surface area contributed by atoms with E-state index >= 15 is 0 Å². The van der Waals surface area contributed by atoms with Gasteiger partial charge in [-0.2, -0.15) is 10.0 Å². The van der Waals surface area contributed by atoms with Gasteiger partial charge in [0.25, 0.3) is 5.91 Å². The molecule has 0 aromatic heterocycles. The fraction of sp³-hybridized carbons (Fsp3) is 0.333. The SMILES string of the molecule is CC(C)CS(=O)(=O)C1=NN2C(=N)/C(=C/c3ccc(N(C)C)cc3)C(=O)N=C2S1. The molecule has 148 valence electrons. The number of hydrazone groups is 1. The first-order valence-corrected chi connectivity index (χ1v) is 11.1. The first-order chi connectivity index (χ1) is 13.1. The molecule has 28 heavy (non-hydrogen) atoms. The van der Waals surface area contributed by atoms with Gasteiger partial charge in [0.1, 0.15) is 0 Å². The van der Waals surface area contributed by atoms with Crippen LogP contribution in [0.2, 0.25) is 0 Å².